The van der Waals surface area contributed by atoms with Crippen molar-refractivity contribution in [2.45, 2.75) is 19.6 Å². The predicted octanol–water partition coefficient (Wildman–Crippen LogP) is 3.42. The van der Waals surface area contributed by atoms with Crippen LogP contribution in [0.3, 0.4) is 0 Å². The molecule has 1 aliphatic heterocycles. The van der Waals surface area contributed by atoms with Gasteiger partial charge in [-0.05, 0) is 24.3 Å². The van der Waals surface area contributed by atoms with Crippen LogP contribution in [-0.4, -0.2) is 8.42 Å². The molecule has 2 aromatic rings. The summed E-state index contributed by atoms with van der Waals surface area (Å²) >= 11 is 0. The molecular formula is C12H8FNO2S2. The van der Waals surface area contributed by atoms with Gasteiger partial charge < -0.3 is 0 Å². The number of benzene rings is 2. The first kappa shape index (κ1) is 11.5. The summed E-state index contributed by atoms with van der Waals surface area (Å²) in [6.07, 6.45) is 0. The van der Waals surface area contributed by atoms with Crippen LogP contribution in [0, 0.1) is 4.61 Å². The summed E-state index contributed by atoms with van der Waals surface area (Å²) in [5.74, 6) is 0. The van der Waals surface area contributed by atoms with Gasteiger partial charge in [0, 0.05) is 0 Å². The second-order valence-corrected chi connectivity index (χ2v) is 7.69. The third kappa shape index (κ3) is 1.31. The van der Waals surface area contributed by atoms with Crippen LogP contribution in [0.1, 0.15) is 0 Å². The van der Waals surface area contributed by atoms with Crippen molar-refractivity contribution in [1.29, 1.82) is 4.61 Å². The van der Waals surface area contributed by atoms with Crippen LogP contribution in [0.5, 0.6) is 0 Å². The monoisotopic (exact) mass is 281 g/mol. The van der Waals surface area contributed by atoms with E-state index in [1.54, 1.807) is 0 Å². The molecule has 0 spiro atoms. The lowest BCUT2D eigenvalue weighted by molar-refractivity contribution is 0.589. The average molecular weight is 281 g/mol. The lowest BCUT2D eigenvalue weighted by Gasteiger charge is -2.23. The quantitative estimate of drug-likeness (QED) is 0.743. The van der Waals surface area contributed by atoms with E-state index in [-0.39, 0.29) is 19.6 Å². The Bertz CT molecular complexity index is 803. The fourth-order valence-electron chi connectivity index (χ4n) is 2.03. The zero-order valence-corrected chi connectivity index (χ0v) is 10.7. The zero-order valence-electron chi connectivity index (χ0n) is 9.08. The van der Waals surface area contributed by atoms with E-state index in [0.717, 1.165) is 0 Å². The van der Waals surface area contributed by atoms with Crippen LogP contribution >= 0.6 is 10.0 Å². The van der Waals surface area contributed by atoms with Gasteiger partial charge in [-0.1, -0.05) is 24.3 Å². The normalized spacial score (nSPS) is 18.7. The molecule has 0 atom stereocenters. The Hall–Kier alpha value is -1.62. The molecule has 3 nitrogen and oxygen atoms in total. The van der Waals surface area contributed by atoms with Crippen LogP contribution in [0.15, 0.2) is 68.1 Å². The van der Waals surface area contributed by atoms with Gasteiger partial charge in [0.1, 0.15) is 10.0 Å². The maximum Gasteiger partial charge on any atom is 0.209 e. The third-order valence-corrected chi connectivity index (χ3v) is 6.87. The Morgan fingerprint density at radius 2 is 1.11 bits per heavy atom. The van der Waals surface area contributed by atoms with E-state index in [1.165, 1.54) is 48.5 Å². The summed E-state index contributed by atoms with van der Waals surface area (Å²) in [5, 5.41) is 0. The molecule has 92 valence electrons. The molecule has 1 aliphatic rings. The summed E-state index contributed by atoms with van der Waals surface area (Å²) in [4.78, 5) is -0.597. The van der Waals surface area contributed by atoms with Crippen molar-refractivity contribution < 1.29 is 12.3 Å². The molecule has 0 amide bonds. The van der Waals surface area contributed by atoms with Gasteiger partial charge in [-0.3, -0.25) is 0 Å². The van der Waals surface area contributed by atoms with Crippen LogP contribution in [0.25, 0.3) is 0 Å². The lowest BCUT2D eigenvalue weighted by atomic mass is 10.3. The van der Waals surface area contributed by atoms with Crippen LogP contribution in [0.2, 0.25) is 0 Å². The van der Waals surface area contributed by atoms with Crippen molar-refractivity contribution >= 4 is 19.9 Å². The number of hydrogen-bond acceptors (Lipinski definition) is 3. The number of rotatable bonds is 0. The Morgan fingerprint density at radius 1 is 0.778 bits per heavy atom. The second kappa shape index (κ2) is 3.45. The molecule has 0 saturated carbocycles. The van der Waals surface area contributed by atoms with Crippen LogP contribution in [-0.2, 0) is 9.84 Å². The average Bonchev–Trinajstić information content (AvgIpc) is 2.37. The highest BCUT2D eigenvalue weighted by molar-refractivity contribution is 8.18. The number of sulfone groups is 1. The fourth-order valence-corrected chi connectivity index (χ4v) is 6.19. The molecule has 0 saturated heterocycles. The highest BCUT2D eigenvalue weighted by atomic mass is 32.3. The number of fused-ring (bicyclic) bond motifs is 2. The first-order valence-electron chi connectivity index (χ1n) is 5.14. The van der Waals surface area contributed by atoms with Crippen LogP contribution < -0.4 is 0 Å². The topological polar surface area (TPSA) is 57.9 Å². The highest BCUT2D eigenvalue weighted by Gasteiger charge is 2.39. The summed E-state index contributed by atoms with van der Waals surface area (Å²) in [5.41, 5.74) is 0. The molecule has 0 radical (unpaired) electrons. The second-order valence-electron chi connectivity index (χ2n) is 3.90. The maximum atomic E-state index is 14.6. The van der Waals surface area contributed by atoms with Crippen molar-refractivity contribution in [2.75, 3.05) is 0 Å². The molecule has 0 unspecified atom stereocenters. The molecule has 0 aromatic heterocycles. The molecule has 2 aromatic carbocycles. The van der Waals surface area contributed by atoms with E-state index in [0.29, 0.717) is 0 Å². The third-order valence-electron chi connectivity index (χ3n) is 2.86. The van der Waals surface area contributed by atoms with E-state index < -0.39 is 19.9 Å². The molecule has 6 heteroatoms. The van der Waals surface area contributed by atoms with E-state index in [2.05, 4.69) is 0 Å². The first-order valence-corrected chi connectivity index (χ1v) is 8.11. The molecule has 0 fully saturated rings. The minimum absolute atomic E-state index is 0.149. The van der Waals surface area contributed by atoms with Gasteiger partial charge in [0.15, 0.2) is 0 Å². The van der Waals surface area contributed by atoms with E-state index >= 15 is 0 Å². The molecule has 0 N–H and O–H groups in total. The minimum Gasteiger partial charge on any atom is -0.218 e. The molecule has 0 aliphatic carbocycles. The van der Waals surface area contributed by atoms with Crippen molar-refractivity contribution in [3.8, 4) is 0 Å². The molecule has 3 rings (SSSR count). The number of nitrogens with zero attached hydrogens (tertiary/aromatic N) is 1. The Kier molecular flexibility index (Phi) is 2.20. The zero-order chi connectivity index (χ0) is 13.0. The van der Waals surface area contributed by atoms with E-state index in [9.17, 15) is 16.9 Å². The van der Waals surface area contributed by atoms with Gasteiger partial charge in [-0.25, -0.2) is 8.42 Å². The molecular weight excluding hydrogens is 273 g/mol. The van der Waals surface area contributed by atoms with Crippen molar-refractivity contribution in [1.82, 2.24) is 0 Å². The van der Waals surface area contributed by atoms with Gasteiger partial charge in [0.25, 0.3) is 0 Å². The molecule has 18 heavy (non-hydrogen) atoms. The minimum atomic E-state index is -3.75. The molecule has 0 bridgehead atoms. The smallest absolute Gasteiger partial charge is 0.209 e. The molecule has 1 heterocycles. The predicted molar refractivity (Wildman–Crippen MR) is 65.3 cm³/mol. The Balaban J connectivity index is 2.55. The standard InChI is InChI=1S/C12H8FNO2S2/c13-17(14)9-5-1-3-7-11(9)18(15,16)12-8-4-2-6-10(12)17/h1-8H. The van der Waals surface area contributed by atoms with Crippen molar-refractivity contribution in [3.63, 3.8) is 0 Å². The largest absolute Gasteiger partial charge is 0.218 e. The fraction of sp³-hybridized carbons (Fsp3) is 0. The van der Waals surface area contributed by atoms with Gasteiger partial charge >= 0.3 is 0 Å². The highest BCUT2D eigenvalue weighted by Crippen LogP contribution is 2.59. The Morgan fingerprint density at radius 3 is 1.50 bits per heavy atom. The summed E-state index contributed by atoms with van der Waals surface area (Å²) < 4.78 is 49.3. The summed E-state index contributed by atoms with van der Waals surface area (Å²) in [7, 11) is -7.50. The Labute approximate surface area is 105 Å². The van der Waals surface area contributed by atoms with Gasteiger partial charge in [0.05, 0.1) is 19.6 Å². The maximum absolute atomic E-state index is 14.6. The van der Waals surface area contributed by atoms with Crippen molar-refractivity contribution in [2.24, 2.45) is 0 Å². The summed E-state index contributed by atoms with van der Waals surface area (Å²) in [6, 6.07) is 11.3. The van der Waals surface area contributed by atoms with Gasteiger partial charge in [0.2, 0.25) is 9.84 Å². The van der Waals surface area contributed by atoms with Crippen LogP contribution in [0.4, 0.5) is 3.89 Å². The van der Waals surface area contributed by atoms with E-state index in [1.807, 2.05) is 0 Å². The lowest BCUT2D eigenvalue weighted by Crippen LogP contribution is -2.11. The first-order chi connectivity index (χ1) is 8.45. The van der Waals surface area contributed by atoms with E-state index in [4.69, 9.17) is 0 Å². The number of halogens is 1. The summed E-state index contributed by atoms with van der Waals surface area (Å²) in [6.45, 7) is 0. The van der Waals surface area contributed by atoms with Gasteiger partial charge in [-0.2, -0.15) is 4.61 Å². The number of hydrogen-bond donors (Lipinski definition) is 0. The SMILES string of the molecule is N#S1(F)c2ccccc2S(=O)(=O)c2ccccc21. The van der Waals surface area contributed by atoms with Crippen molar-refractivity contribution in [3.05, 3.63) is 48.5 Å². The van der Waals surface area contributed by atoms with Gasteiger partial charge in [-0.15, -0.1) is 3.89 Å².